The van der Waals surface area contributed by atoms with Crippen LogP contribution in [0.5, 0.6) is 5.75 Å². The van der Waals surface area contributed by atoms with Crippen LogP contribution in [0, 0.1) is 5.92 Å². The van der Waals surface area contributed by atoms with Gasteiger partial charge in [-0.2, -0.15) is 4.31 Å². The van der Waals surface area contributed by atoms with Crippen LogP contribution in [0.4, 0.5) is 5.69 Å². The van der Waals surface area contributed by atoms with E-state index in [-0.39, 0.29) is 16.7 Å². The van der Waals surface area contributed by atoms with Crippen molar-refractivity contribution in [2.75, 3.05) is 25.5 Å². The molecule has 0 spiro atoms. The van der Waals surface area contributed by atoms with E-state index in [1.807, 2.05) is 13.8 Å². The second-order valence-corrected chi connectivity index (χ2v) is 8.42. The Morgan fingerprint density at radius 2 is 1.88 bits per heavy atom. The molecule has 0 bridgehead atoms. The molecule has 140 valence electrons. The number of nitrogens with one attached hydrogen (secondary N) is 1. The van der Waals surface area contributed by atoms with E-state index >= 15 is 0 Å². The number of nitrogens with zero attached hydrogens (tertiary/aromatic N) is 1. The lowest BCUT2D eigenvalue weighted by Gasteiger charge is -2.21. The van der Waals surface area contributed by atoms with Crippen LogP contribution in [-0.4, -0.2) is 38.8 Å². The van der Waals surface area contributed by atoms with Crippen LogP contribution >= 0.6 is 0 Å². The summed E-state index contributed by atoms with van der Waals surface area (Å²) < 4.78 is 32.7. The second kappa shape index (κ2) is 8.67. The van der Waals surface area contributed by atoms with Crippen molar-refractivity contribution >= 4 is 21.6 Å². The predicted octanol–water partition coefficient (Wildman–Crippen LogP) is 3.24. The molecular weight excluding hydrogens is 340 g/mol. The summed E-state index contributed by atoms with van der Waals surface area (Å²) in [5, 5.41) is 2.79. The minimum absolute atomic E-state index is 0.148. The van der Waals surface area contributed by atoms with Crippen molar-refractivity contribution in [3.8, 4) is 5.75 Å². The molecule has 1 fully saturated rings. The van der Waals surface area contributed by atoms with Gasteiger partial charge in [0.2, 0.25) is 15.9 Å². The van der Waals surface area contributed by atoms with Gasteiger partial charge in [-0.3, -0.25) is 4.79 Å². The van der Waals surface area contributed by atoms with Gasteiger partial charge in [0.1, 0.15) is 5.75 Å². The molecule has 2 rings (SSSR count). The third-order valence-electron chi connectivity index (χ3n) is 4.69. The Kier molecular flexibility index (Phi) is 6.84. The van der Waals surface area contributed by atoms with E-state index in [0.717, 1.165) is 25.7 Å². The van der Waals surface area contributed by atoms with Crippen LogP contribution in [0.2, 0.25) is 0 Å². The fourth-order valence-corrected chi connectivity index (χ4v) is 4.36. The lowest BCUT2D eigenvalue weighted by Crippen LogP contribution is -2.32. The topological polar surface area (TPSA) is 75.7 Å². The summed E-state index contributed by atoms with van der Waals surface area (Å²) in [6, 6.07) is 4.63. The molecule has 6 nitrogen and oxygen atoms in total. The number of ether oxygens (including phenoxy) is 1. The molecule has 0 saturated carbocycles. The number of benzene rings is 1. The molecule has 1 aliphatic heterocycles. The zero-order valence-corrected chi connectivity index (χ0v) is 16.1. The van der Waals surface area contributed by atoms with Gasteiger partial charge >= 0.3 is 0 Å². The molecule has 1 N–H and O–H groups in total. The average Bonchev–Trinajstić information content (AvgIpc) is 2.90. The highest BCUT2D eigenvalue weighted by Gasteiger charge is 2.26. The van der Waals surface area contributed by atoms with Gasteiger partial charge in [0, 0.05) is 19.0 Å². The van der Waals surface area contributed by atoms with Crippen LogP contribution in [0.3, 0.4) is 0 Å². The summed E-state index contributed by atoms with van der Waals surface area (Å²) in [5.74, 6) is 0.146. The van der Waals surface area contributed by atoms with Crippen molar-refractivity contribution in [2.45, 2.75) is 50.8 Å². The molecule has 1 amide bonds. The van der Waals surface area contributed by atoms with Crippen molar-refractivity contribution in [3.63, 3.8) is 0 Å². The van der Waals surface area contributed by atoms with Crippen LogP contribution in [0.1, 0.15) is 46.0 Å². The molecule has 1 aromatic carbocycles. The molecule has 1 atom stereocenters. The van der Waals surface area contributed by atoms with Crippen molar-refractivity contribution < 1.29 is 17.9 Å². The fraction of sp³-hybridized carbons (Fsp3) is 0.611. The standard InChI is InChI=1S/C18H28N2O4S/c1-4-14(2)18(21)19-16-13-15(9-10-17(16)24-3)25(22,23)20-11-7-5-6-8-12-20/h9-10,13-14H,4-8,11-12H2,1-3H3,(H,19,21)/t14-/m0/s1. The summed E-state index contributed by atoms with van der Waals surface area (Å²) in [7, 11) is -2.07. The van der Waals surface area contributed by atoms with E-state index in [1.54, 1.807) is 10.4 Å². The Morgan fingerprint density at radius 3 is 2.44 bits per heavy atom. The Morgan fingerprint density at radius 1 is 1.24 bits per heavy atom. The minimum atomic E-state index is -3.57. The highest BCUT2D eigenvalue weighted by Crippen LogP contribution is 2.30. The van der Waals surface area contributed by atoms with Crippen molar-refractivity contribution in [1.29, 1.82) is 0 Å². The number of carbonyl (C=O) groups is 1. The lowest BCUT2D eigenvalue weighted by molar-refractivity contribution is -0.119. The number of methoxy groups -OCH3 is 1. The van der Waals surface area contributed by atoms with Crippen LogP contribution in [0.15, 0.2) is 23.1 Å². The number of rotatable bonds is 6. The zero-order chi connectivity index (χ0) is 18.4. The molecule has 25 heavy (non-hydrogen) atoms. The minimum Gasteiger partial charge on any atom is -0.495 e. The Labute approximate surface area is 150 Å². The number of hydrogen-bond acceptors (Lipinski definition) is 4. The Hall–Kier alpha value is -1.60. The molecule has 0 aromatic heterocycles. The van der Waals surface area contributed by atoms with Crippen LogP contribution < -0.4 is 10.1 Å². The SMILES string of the molecule is CC[C@H](C)C(=O)Nc1cc(S(=O)(=O)N2CCCCCC2)ccc1OC. The first-order valence-corrected chi connectivity index (χ1v) is 10.3. The van der Waals surface area contributed by atoms with E-state index in [1.165, 1.54) is 19.2 Å². The summed E-state index contributed by atoms with van der Waals surface area (Å²) in [6.07, 6.45) is 4.59. The van der Waals surface area contributed by atoms with Gasteiger partial charge in [-0.25, -0.2) is 8.42 Å². The number of carbonyl (C=O) groups excluding carboxylic acids is 1. The molecule has 1 saturated heterocycles. The summed E-state index contributed by atoms with van der Waals surface area (Å²) in [6.45, 7) is 4.85. The molecule has 0 unspecified atom stereocenters. The quantitative estimate of drug-likeness (QED) is 0.836. The third-order valence-corrected chi connectivity index (χ3v) is 6.59. The van der Waals surface area contributed by atoms with E-state index in [4.69, 9.17) is 4.74 Å². The molecule has 0 aliphatic carbocycles. The molecule has 1 aromatic rings. The summed E-state index contributed by atoms with van der Waals surface area (Å²) >= 11 is 0. The molecular formula is C18H28N2O4S. The number of anilines is 1. The number of sulfonamides is 1. The first kappa shape index (κ1) is 19.7. The molecule has 7 heteroatoms. The van der Waals surface area contributed by atoms with Crippen molar-refractivity contribution in [1.82, 2.24) is 4.31 Å². The van der Waals surface area contributed by atoms with E-state index in [0.29, 0.717) is 30.9 Å². The number of hydrogen-bond donors (Lipinski definition) is 1. The highest BCUT2D eigenvalue weighted by atomic mass is 32.2. The smallest absolute Gasteiger partial charge is 0.243 e. The van der Waals surface area contributed by atoms with Crippen LogP contribution in [0.25, 0.3) is 0 Å². The largest absolute Gasteiger partial charge is 0.495 e. The van der Waals surface area contributed by atoms with E-state index < -0.39 is 10.0 Å². The van der Waals surface area contributed by atoms with Gasteiger partial charge < -0.3 is 10.1 Å². The van der Waals surface area contributed by atoms with Crippen LogP contribution in [-0.2, 0) is 14.8 Å². The highest BCUT2D eigenvalue weighted by molar-refractivity contribution is 7.89. The maximum Gasteiger partial charge on any atom is 0.243 e. The van der Waals surface area contributed by atoms with Gasteiger partial charge in [-0.1, -0.05) is 26.7 Å². The average molecular weight is 368 g/mol. The second-order valence-electron chi connectivity index (χ2n) is 6.48. The molecule has 1 aliphatic rings. The third kappa shape index (κ3) is 4.73. The van der Waals surface area contributed by atoms with Crippen molar-refractivity contribution in [2.24, 2.45) is 5.92 Å². The number of amides is 1. The molecule has 1 heterocycles. The molecule has 0 radical (unpaired) electrons. The van der Waals surface area contributed by atoms with E-state index in [2.05, 4.69) is 5.32 Å². The van der Waals surface area contributed by atoms with Gasteiger partial charge in [-0.15, -0.1) is 0 Å². The zero-order valence-electron chi connectivity index (χ0n) is 15.2. The maximum absolute atomic E-state index is 12.9. The van der Waals surface area contributed by atoms with Gasteiger partial charge in [0.25, 0.3) is 0 Å². The summed E-state index contributed by atoms with van der Waals surface area (Å²) in [5.41, 5.74) is 0.392. The Bertz CT molecular complexity index is 695. The predicted molar refractivity (Wildman–Crippen MR) is 98.3 cm³/mol. The monoisotopic (exact) mass is 368 g/mol. The Balaban J connectivity index is 2.32. The van der Waals surface area contributed by atoms with Gasteiger partial charge in [0.05, 0.1) is 17.7 Å². The lowest BCUT2D eigenvalue weighted by atomic mass is 10.1. The first-order chi connectivity index (χ1) is 11.9. The van der Waals surface area contributed by atoms with E-state index in [9.17, 15) is 13.2 Å². The normalized spacial score (nSPS) is 17.6. The van der Waals surface area contributed by atoms with Gasteiger partial charge in [0.15, 0.2) is 0 Å². The first-order valence-electron chi connectivity index (χ1n) is 8.89. The van der Waals surface area contributed by atoms with Crippen molar-refractivity contribution in [3.05, 3.63) is 18.2 Å². The summed E-state index contributed by atoms with van der Waals surface area (Å²) in [4.78, 5) is 12.4. The van der Waals surface area contributed by atoms with Gasteiger partial charge in [-0.05, 0) is 37.5 Å². The fourth-order valence-electron chi connectivity index (χ4n) is 2.82. The maximum atomic E-state index is 12.9.